The van der Waals surface area contributed by atoms with Gasteiger partial charge in [-0.3, -0.25) is 9.78 Å². The predicted molar refractivity (Wildman–Crippen MR) is 132 cm³/mol. The molecule has 35 heavy (non-hydrogen) atoms. The van der Waals surface area contributed by atoms with Gasteiger partial charge in [0, 0.05) is 61.7 Å². The molecule has 0 spiro atoms. The quantitative estimate of drug-likeness (QED) is 0.535. The van der Waals surface area contributed by atoms with Crippen LogP contribution in [0.15, 0.2) is 47.8 Å². The molecular formula is C26H29N3O5S. The van der Waals surface area contributed by atoms with Crippen molar-refractivity contribution < 1.29 is 22.7 Å². The highest BCUT2D eigenvalue weighted by Gasteiger charge is 2.32. The van der Waals surface area contributed by atoms with Crippen molar-refractivity contribution in [2.24, 2.45) is 5.92 Å². The van der Waals surface area contributed by atoms with Crippen LogP contribution < -0.4 is 4.74 Å². The van der Waals surface area contributed by atoms with Crippen LogP contribution in [0.5, 0.6) is 5.75 Å². The number of benzene rings is 1. The number of likely N-dealkylation sites (tertiary alicyclic amines) is 1. The van der Waals surface area contributed by atoms with Gasteiger partial charge in [-0.25, -0.2) is 13.4 Å². The number of aromatic nitrogens is 2. The van der Waals surface area contributed by atoms with Crippen LogP contribution in [0.3, 0.4) is 0 Å². The van der Waals surface area contributed by atoms with E-state index in [2.05, 4.69) is 9.97 Å². The Kier molecular flexibility index (Phi) is 6.46. The third-order valence-electron chi connectivity index (χ3n) is 6.74. The standard InChI is InChI=1S/C26H29N3O5S/c1-17-13-19(15-28-25(17)35(2,31)32)22-5-9-27-24-4-3-20(14-23(22)24)34-21-6-10-29(16-21)26(30)18-7-11-33-12-8-18/h3-5,9,13-15,18,21H,6-8,10-12,16H2,1-2H3. The second-order valence-corrected chi connectivity index (χ2v) is 11.3. The molecule has 0 bridgehead atoms. The summed E-state index contributed by atoms with van der Waals surface area (Å²) in [4.78, 5) is 23.5. The molecule has 1 amide bonds. The predicted octanol–water partition coefficient (Wildman–Crippen LogP) is 3.42. The first kappa shape index (κ1) is 23.7. The van der Waals surface area contributed by atoms with Gasteiger partial charge >= 0.3 is 0 Å². The minimum absolute atomic E-state index is 0.0583. The highest BCUT2D eigenvalue weighted by molar-refractivity contribution is 7.90. The van der Waals surface area contributed by atoms with Crippen molar-refractivity contribution in [2.75, 3.05) is 32.6 Å². The number of hydrogen-bond donors (Lipinski definition) is 0. The second kappa shape index (κ2) is 9.54. The molecule has 0 radical (unpaired) electrons. The summed E-state index contributed by atoms with van der Waals surface area (Å²) in [6.07, 6.45) is 6.80. The molecule has 1 aromatic carbocycles. The summed E-state index contributed by atoms with van der Waals surface area (Å²) >= 11 is 0. The number of rotatable bonds is 5. The van der Waals surface area contributed by atoms with E-state index in [4.69, 9.17) is 9.47 Å². The Morgan fingerprint density at radius 3 is 2.66 bits per heavy atom. The van der Waals surface area contributed by atoms with Crippen molar-refractivity contribution in [2.45, 2.75) is 37.3 Å². The van der Waals surface area contributed by atoms with Crippen LogP contribution in [0.4, 0.5) is 0 Å². The number of amides is 1. The van der Waals surface area contributed by atoms with Gasteiger partial charge in [-0.1, -0.05) is 0 Å². The zero-order chi connectivity index (χ0) is 24.6. The fourth-order valence-corrected chi connectivity index (χ4v) is 5.86. The SMILES string of the molecule is Cc1cc(-c2ccnc3ccc(OC4CCN(C(=O)C5CCOCC5)C4)cc23)cnc1S(C)(=O)=O. The van der Waals surface area contributed by atoms with Gasteiger partial charge in [-0.15, -0.1) is 0 Å². The number of aryl methyl sites for hydroxylation is 1. The summed E-state index contributed by atoms with van der Waals surface area (Å²) in [5.41, 5.74) is 3.12. The highest BCUT2D eigenvalue weighted by Crippen LogP contribution is 2.32. The van der Waals surface area contributed by atoms with Crippen molar-refractivity contribution in [3.63, 3.8) is 0 Å². The average Bonchev–Trinajstić information content (AvgIpc) is 3.31. The minimum Gasteiger partial charge on any atom is -0.488 e. The number of pyridine rings is 2. The van der Waals surface area contributed by atoms with Crippen LogP contribution in [-0.4, -0.2) is 67.9 Å². The normalized spacial score (nSPS) is 19.3. The number of ether oxygens (including phenoxy) is 2. The Morgan fingerprint density at radius 1 is 1.11 bits per heavy atom. The highest BCUT2D eigenvalue weighted by atomic mass is 32.2. The van der Waals surface area contributed by atoms with Gasteiger partial charge in [-0.2, -0.15) is 0 Å². The molecule has 8 nitrogen and oxygen atoms in total. The summed E-state index contributed by atoms with van der Waals surface area (Å²) in [7, 11) is -3.39. The van der Waals surface area contributed by atoms with E-state index >= 15 is 0 Å². The van der Waals surface area contributed by atoms with Crippen LogP contribution >= 0.6 is 0 Å². The number of hydrogen-bond acceptors (Lipinski definition) is 7. The van der Waals surface area contributed by atoms with E-state index in [-0.39, 0.29) is 23.0 Å². The third-order valence-corrected chi connectivity index (χ3v) is 7.87. The van der Waals surface area contributed by atoms with Crippen molar-refractivity contribution in [1.82, 2.24) is 14.9 Å². The molecule has 0 saturated carbocycles. The summed E-state index contributed by atoms with van der Waals surface area (Å²) in [5, 5.41) is 0.983. The Balaban J connectivity index is 1.36. The molecule has 1 unspecified atom stereocenters. The van der Waals surface area contributed by atoms with Crippen molar-refractivity contribution in [1.29, 1.82) is 0 Å². The number of sulfone groups is 1. The van der Waals surface area contributed by atoms with Gasteiger partial charge in [0.25, 0.3) is 0 Å². The Morgan fingerprint density at radius 2 is 1.91 bits per heavy atom. The van der Waals surface area contributed by atoms with E-state index in [9.17, 15) is 13.2 Å². The molecule has 2 saturated heterocycles. The van der Waals surface area contributed by atoms with E-state index < -0.39 is 9.84 Å². The minimum atomic E-state index is -3.39. The topological polar surface area (TPSA) is 98.7 Å². The van der Waals surface area contributed by atoms with Gasteiger partial charge in [0.05, 0.1) is 12.1 Å². The average molecular weight is 496 g/mol. The first-order valence-electron chi connectivity index (χ1n) is 11.9. The number of carbonyl (C=O) groups is 1. The summed E-state index contributed by atoms with van der Waals surface area (Å²) < 4.78 is 35.6. The molecule has 184 valence electrons. The van der Waals surface area contributed by atoms with E-state index in [0.717, 1.165) is 53.3 Å². The summed E-state index contributed by atoms with van der Waals surface area (Å²) in [5.74, 6) is 0.988. The maximum atomic E-state index is 12.9. The van der Waals surface area contributed by atoms with Crippen LogP contribution in [-0.2, 0) is 19.4 Å². The van der Waals surface area contributed by atoms with Gasteiger partial charge in [0.2, 0.25) is 5.91 Å². The van der Waals surface area contributed by atoms with Gasteiger partial charge in [0.1, 0.15) is 11.9 Å². The third kappa shape index (κ3) is 5.01. The molecular weight excluding hydrogens is 466 g/mol. The molecule has 2 aliphatic heterocycles. The molecule has 2 aromatic heterocycles. The van der Waals surface area contributed by atoms with Gasteiger partial charge in [0.15, 0.2) is 14.9 Å². The van der Waals surface area contributed by atoms with E-state index in [1.807, 2.05) is 35.2 Å². The maximum Gasteiger partial charge on any atom is 0.225 e. The molecule has 9 heteroatoms. The number of nitrogens with zero attached hydrogens (tertiary/aromatic N) is 3. The molecule has 1 atom stereocenters. The first-order chi connectivity index (χ1) is 16.8. The summed E-state index contributed by atoms with van der Waals surface area (Å²) in [6, 6.07) is 9.51. The largest absolute Gasteiger partial charge is 0.488 e. The first-order valence-corrected chi connectivity index (χ1v) is 13.8. The molecule has 3 aromatic rings. The number of carbonyl (C=O) groups excluding carboxylic acids is 1. The van der Waals surface area contributed by atoms with Crippen LogP contribution in [0, 0.1) is 12.8 Å². The lowest BCUT2D eigenvalue weighted by atomic mass is 9.99. The fraction of sp³-hybridized carbons (Fsp3) is 0.423. The van der Waals surface area contributed by atoms with Crippen molar-refractivity contribution in [3.8, 4) is 16.9 Å². The fourth-order valence-electron chi connectivity index (χ4n) is 4.97. The van der Waals surface area contributed by atoms with E-state index in [0.29, 0.717) is 31.9 Å². The van der Waals surface area contributed by atoms with Gasteiger partial charge in [-0.05, 0) is 61.2 Å². The van der Waals surface area contributed by atoms with Crippen LogP contribution in [0.1, 0.15) is 24.8 Å². The summed E-state index contributed by atoms with van der Waals surface area (Å²) in [6.45, 7) is 4.36. The van der Waals surface area contributed by atoms with E-state index in [1.54, 1.807) is 19.3 Å². The molecule has 2 fully saturated rings. The maximum absolute atomic E-state index is 12.9. The second-order valence-electron chi connectivity index (χ2n) is 9.36. The molecule has 0 N–H and O–H groups in total. The zero-order valence-corrected chi connectivity index (χ0v) is 20.8. The Labute approximate surface area is 205 Å². The monoisotopic (exact) mass is 495 g/mol. The molecule has 2 aliphatic rings. The molecule has 0 aliphatic carbocycles. The van der Waals surface area contributed by atoms with Crippen molar-refractivity contribution >= 4 is 26.6 Å². The van der Waals surface area contributed by atoms with Crippen LogP contribution in [0.25, 0.3) is 22.0 Å². The molecule has 4 heterocycles. The van der Waals surface area contributed by atoms with E-state index in [1.165, 1.54) is 0 Å². The lowest BCUT2D eigenvalue weighted by Gasteiger charge is -2.26. The van der Waals surface area contributed by atoms with Gasteiger partial charge < -0.3 is 14.4 Å². The lowest BCUT2D eigenvalue weighted by molar-refractivity contribution is -0.137. The Hall–Kier alpha value is -3.04. The zero-order valence-electron chi connectivity index (χ0n) is 19.9. The van der Waals surface area contributed by atoms with Crippen molar-refractivity contribution in [3.05, 3.63) is 48.3 Å². The Bertz CT molecular complexity index is 1370. The lowest BCUT2D eigenvalue weighted by Crippen LogP contribution is -2.38. The van der Waals surface area contributed by atoms with Crippen LogP contribution in [0.2, 0.25) is 0 Å². The smallest absolute Gasteiger partial charge is 0.225 e. The molecule has 5 rings (SSSR count). The number of fused-ring (bicyclic) bond motifs is 1.